The molecule has 0 saturated carbocycles. The van der Waals surface area contributed by atoms with E-state index in [1.54, 1.807) is 12.1 Å². The van der Waals surface area contributed by atoms with E-state index < -0.39 is 10.0 Å². The zero-order valence-corrected chi connectivity index (χ0v) is 18.0. The number of hydrogen-bond acceptors (Lipinski definition) is 6. The highest BCUT2D eigenvalue weighted by atomic mass is 35.5. The number of rotatable bonds is 7. The lowest BCUT2D eigenvalue weighted by Gasteiger charge is -2.25. The maximum Gasteiger partial charge on any atom is 0.240 e. The minimum Gasteiger partial charge on any atom is -0.454 e. The van der Waals surface area contributed by atoms with Crippen LogP contribution in [0, 0.1) is 0 Å². The summed E-state index contributed by atoms with van der Waals surface area (Å²) in [6, 6.07) is 11.4. The van der Waals surface area contributed by atoms with E-state index in [0.717, 1.165) is 5.56 Å². The zero-order valence-electron chi connectivity index (χ0n) is 16.3. The van der Waals surface area contributed by atoms with Crippen molar-refractivity contribution >= 4 is 34.0 Å². The summed E-state index contributed by atoms with van der Waals surface area (Å²) >= 11 is 0. The van der Waals surface area contributed by atoms with Crippen molar-refractivity contribution in [1.29, 1.82) is 0 Å². The zero-order chi connectivity index (χ0) is 20.3. The summed E-state index contributed by atoms with van der Waals surface area (Å²) in [5, 5.41) is 2.61. The number of nitrogens with zero attached hydrogens (tertiary/aromatic N) is 1. The van der Waals surface area contributed by atoms with Gasteiger partial charge in [-0.25, -0.2) is 13.1 Å². The van der Waals surface area contributed by atoms with Gasteiger partial charge >= 0.3 is 0 Å². The number of fused-ring (bicyclic) bond motifs is 1. The van der Waals surface area contributed by atoms with Crippen molar-refractivity contribution in [2.75, 3.05) is 32.7 Å². The highest BCUT2D eigenvalue weighted by molar-refractivity contribution is 7.89. The second-order valence-corrected chi connectivity index (χ2v) is 8.42. The van der Waals surface area contributed by atoms with Gasteiger partial charge in [0, 0.05) is 25.2 Å². The van der Waals surface area contributed by atoms with Crippen molar-refractivity contribution in [2.24, 2.45) is 0 Å². The Labute approximate surface area is 176 Å². The molecule has 0 spiro atoms. The summed E-state index contributed by atoms with van der Waals surface area (Å²) in [6.45, 7) is 1.76. The van der Waals surface area contributed by atoms with E-state index in [0.29, 0.717) is 17.2 Å². The van der Waals surface area contributed by atoms with Gasteiger partial charge in [-0.3, -0.25) is 4.79 Å². The number of anilines is 1. The number of hydrogen-bond donors (Lipinski definition) is 2. The van der Waals surface area contributed by atoms with E-state index >= 15 is 0 Å². The van der Waals surface area contributed by atoms with Crippen LogP contribution in [-0.2, 0) is 14.8 Å². The van der Waals surface area contributed by atoms with Gasteiger partial charge in [-0.2, -0.15) is 0 Å². The van der Waals surface area contributed by atoms with E-state index in [4.69, 9.17) is 9.47 Å². The maximum atomic E-state index is 12.6. The Kier molecular flexibility index (Phi) is 7.48. The lowest BCUT2D eigenvalue weighted by Crippen LogP contribution is -2.34. The van der Waals surface area contributed by atoms with E-state index in [-0.39, 0.29) is 42.6 Å². The van der Waals surface area contributed by atoms with Gasteiger partial charge in [-0.05, 0) is 56.1 Å². The van der Waals surface area contributed by atoms with Crippen LogP contribution in [-0.4, -0.2) is 46.7 Å². The normalized spacial score (nSPS) is 13.7. The molecule has 0 saturated heterocycles. The van der Waals surface area contributed by atoms with Crippen molar-refractivity contribution in [3.05, 3.63) is 48.0 Å². The Morgan fingerprint density at radius 3 is 2.38 bits per heavy atom. The van der Waals surface area contributed by atoms with Crippen LogP contribution in [0.3, 0.4) is 0 Å². The molecule has 3 rings (SSSR count). The average Bonchev–Trinajstić information content (AvgIpc) is 3.09. The molecule has 29 heavy (non-hydrogen) atoms. The van der Waals surface area contributed by atoms with Crippen molar-refractivity contribution in [3.63, 3.8) is 0 Å². The number of nitrogens with one attached hydrogen (secondary N) is 2. The first-order valence-electron chi connectivity index (χ1n) is 8.69. The Balaban J connectivity index is 0.00000300. The first-order valence-corrected chi connectivity index (χ1v) is 10.2. The quantitative estimate of drug-likeness (QED) is 0.684. The number of amides is 1. The summed E-state index contributed by atoms with van der Waals surface area (Å²) in [5.74, 6) is 1.12. The van der Waals surface area contributed by atoms with E-state index in [1.807, 2.05) is 37.2 Å². The van der Waals surface area contributed by atoms with Gasteiger partial charge in [0.2, 0.25) is 22.7 Å². The Bertz CT molecular complexity index is 964. The molecule has 1 aliphatic heterocycles. The predicted molar refractivity (Wildman–Crippen MR) is 112 cm³/mol. The summed E-state index contributed by atoms with van der Waals surface area (Å²) in [5.41, 5.74) is 1.45. The summed E-state index contributed by atoms with van der Waals surface area (Å²) in [7, 11) is 0.0625. The number of carbonyl (C=O) groups is 1. The van der Waals surface area contributed by atoms with Gasteiger partial charge in [0.15, 0.2) is 11.5 Å². The molecule has 0 aromatic heterocycles. The van der Waals surface area contributed by atoms with E-state index in [9.17, 15) is 13.2 Å². The molecule has 0 radical (unpaired) electrons. The van der Waals surface area contributed by atoms with Crippen molar-refractivity contribution < 1.29 is 22.7 Å². The number of likely N-dealkylation sites (N-methyl/N-ethyl adjacent to an activating group) is 1. The maximum absolute atomic E-state index is 12.6. The minimum absolute atomic E-state index is 0. The van der Waals surface area contributed by atoms with Gasteiger partial charge in [0.1, 0.15) is 0 Å². The van der Waals surface area contributed by atoms with Gasteiger partial charge in [0.25, 0.3) is 0 Å². The first-order chi connectivity index (χ1) is 13.3. The minimum atomic E-state index is -3.70. The van der Waals surface area contributed by atoms with E-state index in [2.05, 4.69) is 10.0 Å². The lowest BCUT2D eigenvalue weighted by molar-refractivity contribution is -0.114. The molecule has 0 fully saturated rings. The topological polar surface area (TPSA) is 97.0 Å². The van der Waals surface area contributed by atoms with Crippen molar-refractivity contribution in [1.82, 2.24) is 9.62 Å². The van der Waals surface area contributed by atoms with Crippen LogP contribution >= 0.6 is 12.4 Å². The largest absolute Gasteiger partial charge is 0.454 e. The summed E-state index contributed by atoms with van der Waals surface area (Å²) in [4.78, 5) is 13.1. The lowest BCUT2D eigenvalue weighted by atomic mass is 10.1. The van der Waals surface area contributed by atoms with Crippen LogP contribution < -0.4 is 19.5 Å². The molecule has 10 heteroatoms. The third kappa shape index (κ3) is 5.60. The number of sulfonamides is 1. The van der Waals surface area contributed by atoms with Gasteiger partial charge in [-0.15, -0.1) is 12.4 Å². The number of benzene rings is 2. The molecule has 1 amide bonds. The van der Waals surface area contributed by atoms with Crippen LogP contribution in [0.4, 0.5) is 5.69 Å². The monoisotopic (exact) mass is 441 g/mol. The average molecular weight is 442 g/mol. The molecule has 1 atom stereocenters. The molecule has 2 N–H and O–H groups in total. The molecular weight excluding hydrogens is 418 g/mol. The number of halogens is 1. The Morgan fingerprint density at radius 2 is 1.76 bits per heavy atom. The second kappa shape index (κ2) is 9.45. The molecule has 1 unspecified atom stereocenters. The van der Waals surface area contributed by atoms with E-state index in [1.165, 1.54) is 19.1 Å². The molecule has 0 aliphatic carbocycles. The van der Waals surface area contributed by atoms with Gasteiger partial charge in [-0.1, -0.05) is 6.07 Å². The molecular formula is C19H24ClN3O5S. The first kappa shape index (κ1) is 23.0. The molecule has 2 aromatic carbocycles. The fourth-order valence-electron chi connectivity index (χ4n) is 2.91. The second-order valence-electron chi connectivity index (χ2n) is 6.65. The highest BCUT2D eigenvalue weighted by Gasteiger charge is 2.22. The van der Waals surface area contributed by atoms with Crippen molar-refractivity contribution in [2.45, 2.75) is 17.9 Å². The van der Waals surface area contributed by atoms with Crippen LogP contribution in [0.25, 0.3) is 0 Å². The van der Waals surface area contributed by atoms with Crippen LogP contribution in [0.2, 0.25) is 0 Å². The third-order valence-corrected chi connectivity index (χ3v) is 5.80. The standard InChI is InChI=1S/C19H23N3O5S.ClH/c1-13(23)21-15-5-7-16(8-6-15)28(24,25)20-11-17(22(2)3)14-4-9-18-19(10-14)27-12-26-18;/h4-10,17,20H,11-12H2,1-3H3,(H,21,23);1H. The van der Waals surface area contributed by atoms with Crippen LogP contribution in [0.15, 0.2) is 47.4 Å². The Hall–Kier alpha value is -2.33. The smallest absolute Gasteiger partial charge is 0.240 e. The molecule has 2 aromatic rings. The Morgan fingerprint density at radius 1 is 1.10 bits per heavy atom. The van der Waals surface area contributed by atoms with Gasteiger partial charge in [0.05, 0.1) is 4.90 Å². The molecule has 1 aliphatic rings. The summed E-state index contributed by atoms with van der Waals surface area (Å²) < 4.78 is 38.7. The predicted octanol–water partition coefficient (Wildman–Crippen LogP) is 2.38. The van der Waals surface area contributed by atoms with Crippen LogP contribution in [0.5, 0.6) is 11.5 Å². The molecule has 8 nitrogen and oxygen atoms in total. The summed E-state index contributed by atoms with van der Waals surface area (Å²) in [6.07, 6.45) is 0. The SMILES string of the molecule is CC(=O)Nc1ccc(S(=O)(=O)NCC(c2ccc3c(c2)OCO3)N(C)C)cc1.Cl. The highest BCUT2D eigenvalue weighted by Crippen LogP contribution is 2.35. The molecule has 158 valence electrons. The number of ether oxygens (including phenoxy) is 2. The molecule has 1 heterocycles. The molecule has 0 bridgehead atoms. The van der Waals surface area contributed by atoms with Gasteiger partial charge < -0.3 is 19.7 Å². The third-order valence-electron chi connectivity index (χ3n) is 4.36. The van der Waals surface area contributed by atoms with Crippen LogP contribution in [0.1, 0.15) is 18.5 Å². The number of carbonyl (C=O) groups excluding carboxylic acids is 1. The van der Waals surface area contributed by atoms with Crippen molar-refractivity contribution in [3.8, 4) is 11.5 Å². The fraction of sp³-hybridized carbons (Fsp3) is 0.316. The fourth-order valence-corrected chi connectivity index (χ4v) is 3.95.